The highest BCUT2D eigenvalue weighted by atomic mass is 16.5. The first-order chi connectivity index (χ1) is 13.0. The molecule has 2 N–H and O–H groups in total. The van der Waals surface area contributed by atoms with E-state index in [1.165, 1.54) is 0 Å². The van der Waals surface area contributed by atoms with Crippen molar-refractivity contribution in [1.29, 1.82) is 0 Å². The highest BCUT2D eigenvalue weighted by Gasteiger charge is 2.17. The first-order valence-electron chi connectivity index (χ1n) is 8.37. The van der Waals surface area contributed by atoms with Crippen LogP contribution in [0.4, 0.5) is 11.4 Å². The van der Waals surface area contributed by atoms with Gasteiger partial charge in [-0.25, -0.2) is 0 Å². The molecule has 0 unspecified atom stereocenters. The molecule has 1 aromatic heterocycles. The van der Waals surface area contributed by atoms with Crippen LogP contribution in [-0.2, 0) is 4.79 Å². The molecule has 7 nitrogen and oxygen atoms in total. The zero-order valence-electron chi connectivity index (χ0n) is 14.8. The monoisotopic (exact) mass is 363 g/mol. The number of hydrogen-bond donors (Lipinski definition) is 2. The van der Waals surface area contributed by atoms with Gasteiger partial charge < -0.3 is 20.1 Å². The Kier molecular flexibility index (Phi) is 4.12. The Morgan fingerprint density at radius 1 is 1.22 bits per heavy atom. The Labute approximate surface area is 155 Å². The van der Waals surface area contributed by atoms with E-state index in [1.807, 2.05) is 24.3 Å². The normalized spacial score (nSPS) is 12.7. The molecule has 3 aromatic rings. The van der Waals surface area contributed by atoms with Crippen LogP contribution in [0.15, 0.2) is 42.5 Å². The number of pyridine rings is 1. The molecule has 7 heteroatoms. The molecule has 136 valence electrons. The van der Waals surface area contributed by atoms with Crippen LogP contribution in [0.3, 0.4) is 0 Å². The van der Waals surface area contributed by atoms with Crippen LogP contribution < -0.4 is 20.1 Å². The van der Waals surface area contributed by atoms with Gasteiger partial charge in [0.2, 0.25) is 0 Å². The predicted molar refractivity (Wildman–Crippen MR) is 102 cm³/mol. The fraction of sp³-hybridized carbons (Fsp3) is 0.150. The standard InChI is InChI=1S/C20H17N3O4/c1-11-15(7-12-3-5-14(26-2)9-17(12)21-11)20(25)22-13-4-6-16-18(8-13)27-10-19(24)23-16/h3-9H,10H2,1-2H3,(H,22,25)(H,23,24). The van der Waals surface area contributed by atoms with Crippen molar-refractivity contribution in [2.24, 2.45) is 0 Å². The highest BCUT2D eigenvalue weighted by molar-refractivity contribution is 6.07. The predicted octanol–water partition coefficient (Wildman–Crippen LogP) is 3.14. The molecule has 0 bridgehead atoms. The van der Waals surface area contributed by atoms with Gasteiger partial charge in [0.05, 0.1) is 29.6 Å². The van der Waals surface area contributed by atoms with E-state index in [1.54, 1.807) is 32.2 Å². The van der Waals surface area contributed by atoms with Gasteiger partial charge in [0.1, 0.15) is 11.5 Å². The van der Waals surface area contributed by atoms with Crippen molar-refractivity contribution in [3.05, 3.63) is 53.7 Å². The fourth-order valence-electron chi connectivity index (χ4n) is 2.95. The summed E-state index contributed by atoms with van der Waals surface area (Å²) >= 11 is 0. The van der Waals surface area contributed by atoms with Crippen LogP contribution in [0.5, 0.6) is 11.5 Å². The maximum atomic E-state index is 12.7. The van der Waals surface area contributed by atoms with Gasteiger partial charge in [0.15, 0.2) is 6.61 Å². The zero-order chi connectivity index (χ0) is 19.0. The number of nitrogens with one attached hydrogen (secondary N) is 2. The summed E-state index contributed by atoms with van der Waals surface area (Å²) in [6.07, 6.45) is 0. The lowest BCUT2D eigenvalue weighted by Gasteiger charge is -2.18. The maximum absolute atomic E-state index is 12.7. The third-order valence-corrected chi connectivity index (χ3v) is 4.33. The Balaban J connectivity index is 1.61. The number of aromatic nitrogens is 1. The second kappa shape index (κ2) is 6.60. The summed E-state index contributed by atoms with van der Waals surface area (Å²) in [6.45, 7) is 1.75. The molecule has 0 radical (unpaired) electrons. The minimum absolute atomic E-state index is 0.0401. The molecule has 27 heavy (non-hydrogen) atoms. The van der Waals surface area contributed by atoms with E-state index in [9.17, 15) is 9.59 Å². The summed E-state index contributed by atoms with van der Waals surface area (Å²) in [5.41, 5.74) is 3.03. The lowest BCUT2D eigenvalue weighted by atomic mass is 10.1. The van der Waals surface area contributed by atoms with E-state index in [0.717, 1.165) is 10.9 Å². The van der Waals surface area contributed by atoms with Crippen molar-refractivity contribution < 1.29 is 19.1 Å². The minimum atomic E-state index is -0.266. The van der Waals surface area contributed by atoms with Crippen molar-refractivity contribution in [3.63, 3.8) is 0 Å². The zero-order valence-corrected chi connectivity index (χ0v) is 14.8. The van der Waals surface area contributed by atoms with Crippen LogP contribution in [0.2, 0.25) is 0 Å². The highest BCUT2D eigenvalue weighted by Crippen LogP contribution is 2.31. The van der Waals surface area contributed by atoms with Crippen molar-refractivity contribution in [1.82, 2.24) is 4.98 Å². The third kappa shape index (κ3) is 3.27. The second-order valence-corrected chi connectivity index (χ2v) is 6.18. The van der Waals surface area contributed by atoms with Crippen LogP contribution >= 0.6 is 0 Å². The van der Waals surface area contributed by atoms with Gasteiger partial charge in [-0.2, -0.15) is 0 Å². The van der Waals surface area contributed by atoms with Crippen molar-refractivity contribution in [3.8, 4) is 11.5 Å². The van der Waals surface area contributed by atoms with E-state index in [2.05, 4.69) is 15.6 Å². The average molecular weight is 363 g/mol. The molecule has 1 aliphatic heterocycles. The molecular weight excluding hydrogens is 346 g/mol. The van der Waals surface area contributed by atoms with Gasteiger partial charge in [0.25, 0.3) is 11.8 Å². The van der Waals surface area contributed by atoms with Crippen molar-refractivity contribution >= 4 is 34.1 Å². The number of aryl methyl sites for hydroxylation is 1. The number of benzene rings is 2. The molecule has 0 saturated heterocycles. The topological polar surface area (TPSA) is 89.5 Å². The van der Waals surface area contributed by atoms with Crippen molar-refractivity contribution in [2.75, 3.05) is 24.4 Å². The van der Waals surface area contributed by atoms with Crippen molar-refractivity contribution in [2.45, 2.75) is 6.92 Å². The number of rotatable bonds is 3. The molecule has 2 heterocycles. The van der Waals surface area contributed by atoms with Gasteiger partial charge in [-0.3, -0.25) is 14.6 Å². The Morgan fingerprint density at radius 3 is 2.89 bits per heavy atom. The van der Waals surface area contributed by atoms with Gasteiger partial charge in [-0.15, -0.1) is 0 Å². The lowest BCUT2D eigenvalue weighted by Crippen LogP contribution is -2.25. The number of anilines is 2. The molecule has 0 fully saturated rings. The first-order valence-corrected chi connectivity index (χ1v) is 8.37. The number of hydrogen-bond acceptors (Lipinski definition) is 5. The summed E-state index contributed by atoms with van der Waals surface area (Å²) in [5.74, 6) is 0.770. The van der Waals surface area contributed by atoms with Crippen LogP contribution in [0.1, 0.15) is 16.1 Å². The molecule has 2 aromatic carbocycles. The average Bonchev–Trinajstić information content (AvgIpc) is 2.67. The molecule has 0 saturated carbocycles. The Morgan fingerprint density at radius 2 is 2.07 bits per heavy atom. The SMILES string of the molecule is COc1ccc2cc(C(=O)Nc3ccc4c(c3)OCC(=O)N4)c(C)nc2c1. The molecule has 1 aliphatic rings. The number of nitrogens with zero attached hydrogens (tertiary/aromatic N) is 1. The van der Waals surface area contributed by atoms with Gasteiger partial charge >= 0.3 is 0 Å². The fourth-order valence-corrected chi connectivity index (χ4v) is 2.95. The van der Waals surface area contributed by atoms with E-state index < -0.39 is 0 Å². The van der Waals surface area contributed by atoms with E-state index >= 15 is 0 Å². The molecular formula is C20H17N3O4. The largest absolute Gasteiger partial charge is 0.497 e. The summed E-state index contributed by atoms with van der Waals surface area (Å²) in [6, 6.07) is 12.4. The molecule has 0 aliphatic carbocycles. The van der Waals surface area contributed by atoms with Gasteiger partial charge in [-0.05, 0) is 37.3 Å². The van der Waals surface area contributed by atoms with Crippen LogP contribution in [0, 0.1) is 6.92 Å². The number of methoxy groups -OCH3 is 1. The van der Waals surface area contributed by atoms with E-state index in [4.69, 9.17) is 9.47 Å². The number of carbonyl (C=O) groups excluding carboxylic acids is 2. The number of carbonyl (C=O) groups is 2. The number of ether oxygens (including phenoxy) is 2. The molecule has 0 spiro atoms. The molecule has 0 atom stereocenters. The second-order valence-electron chi connectivity index (χ2n) is 6.18. The van der Waals surface area contributed by atoms with E-state index in [0.29, 0.717) is 34.1 Å². The molecule has 4 rings (SSSR count). The smallest absolute Gasteiger partial charge is 0.262 e. The summed E-state index contributed by atoms with van der Waals surface area (Å²) in [5, 5.41) is 6.42. The van der Waals surface area contributed by atoms with Crippen LogP contribution in [-0.4, -0.2) is 30.5 Å². The van der Waals surface area contributed by atoms with Gasteiger partial charge in [0, 0.05) is 23.2 Å². The summed E-state index contributed by atoms with van der Waals surface area (Å²) in [7, 11) is 1.60. The molecule has 2 amide bonds. The summed E-state index contributed by atoms with van der Waals surface area (Å²) < 4.78 is 10.6. The minimum Gasteiger partial charge on any atom is -0.497 e. The Hall–Kier alpha value is -3.61. The number of amides is 2. The maximum Gasteiger partial charge on any atom is 0.262 e. The third-order valence-electron chi connectivity index (χ3n) is 4.33. The van der Waals surface area contributed by atoms with E-state index in [-0.39, 0.29) is 18.4 Å². The van der Waals surface area contributed by atoms with Crippen LogP contribution in [0.25, 0.3) is 10.9 Å². The first kappa shape index (κ1) is 16.8. The quantitative estimate of drug-likeness (QED) is 0.746. The summed E-state index contributed by atoms with van der Waals surface area (Å²) in [4.78, 5) is 28.6. The van der Waals surface area contributed by atoms with Gasteiger partial charge in [-0.1, -0.05) is 0 Å². The Bertz CT molecular complexity index is 1080. The number of fused-ring (bicyclic) bond motifs is 2. The lowest BCUT2D eigenvalue weighted by molar-refractivity contribution is -0.118.